The largest absolute Gasteiger partial charge is 0.463 e. The summed E-state index contributed by atoms with van der Waals surface area (Å²) in [6.07, 6.45) is 5.33. The number of hydrogen-bond acceptors (Lipinski definition) is 5. The van der Waals surface area contributed by atoms with E-state index in [1.165, 1.54) is 18.0 Å². The summed E-state index contributed by atoms with van der Waals surface area (Å²) in [6.45, 7) is 4.10. The smallest absolute Gasteiger partial charge is 0.242 e. The van der Waals surface area contributed by atoms with Crippen LogP contribution in [-0.4, -0.2) is 34.0 Å². The molecule has 25 heavy (non-hydrogen) atoms. The number of hydrogen-bond donors (Lipinski definition) is 0. The molecule has 128 valence electrons. The predicted octanol–water partition coefficient (Wildman–Crippen LogP) is 4.00. The van der Waals surface area contributed by atoms with Gasteiger partial charge < -0.3 is 4.42 Å². The van der Waals surface area contributed by atoms with Gasteiger partial charge in [0.05, 0.1) is 17.7 Å². The molecule has 1 amide bonds. The van der Waals surface area contributed by atoms with Crippen LogP contribution in [0.2, 0.25) is 5.02 Å². The van der Waals surface area contributed by atoms with Crippen molar-refractivity contribution in [2.75, 3.05) is 6.54 Å². The molecule has 1 aliphatic rings. The number of carbonyl (C=O) groups excluding carboxylic acids is 1. The second-order valence-corrected chi connectivity index (χ2v) is 6.93. The molecule has 0 aliphatic carbocycles. The second kappa shape index (κ2) is 8.18. The zero-order chi connectivity index (χ0) is 17.6. The summed E-state index contributed by atoms with van der Waals surface area (Å²) < 4.78 is 5.17. The van der Waals surface area contributed by atoms with Gasteiger partial charge in [0.25, 0.3) is 0 Å². The van der Waals surface area contributed by atoms with E-state index in [9.17, 15) is 4.79 Å². The fraction of sp³-hybridized carbons (Fsp3) is 0.167. The van der Waals surface area contributed by atoms with Gasteiger partial charge in [0.15, 0.2) is 5.17 Å². The Morgan fingerprint density at radius 3 is 2.96 bits per heavy atom. The van der Waals surface area contributed by atoms with E-state index in [1.54, 1.807) is 29.4 Å². The Morgan fingerprint density at radius 2 is 2.24 bits per heavy atom. The molecule has 7 heteroatoms. The highest BCUT2D eigenvalue weighted by Gasteiger charge is 2.37. The summed E-state index contributed by atoms with van der Waals surface area (Å²) in [5.74, 6) is 0.598. The summed E-state index contributed by atoms with van der Waals surface area (Å²) in [5.41, 5.74) is 1.01. The topological polar surface area (TPSA) is 58.2 Å². The van der Waals surface area contributed by atoms with Crippen LogP contribution < -0.4 is 0 Å². The molecule has 1 aromatic heterocycles. The van der Waals surface area contributed by atoms with Crippen molar-refractivity contribution < 1.29 is 9.21 Å². The maximum absolute atomic E-state index is 12.7. The van der Waals surface area contributed by atoms with Crippen LogP contribution in [0.1, 0.15) is 11.3 Å². The highest BCUT2D eigenvalue weighted by Crippen LogP contribution is 2.30. The summed E-state index contributed by atoms with van der Waals surface area (Å²) >= 11 is 7.42. The first-order valence-electron chi connectivity index (χ1n) is 7.65. The molecule has 0 N–H and O–H groups in total. The van der Waals surface area contributed by atoms with Crippen LogP contribution in [-0.2, 0) is 11.2 Å². The van der Waals surface area contributed by atoms with E-state index in [4.69, 9.17) is 16.0 Å². The first-order valence-corrected chi connectivity index (χ1v) is 8.91. The number of furan rings is 1. The second-order valence-electron chi connectivity index (χ2n) is 5.32. The van der Waals surface area contributed by atoms with Crippen molar-refractivity contribution in [1.29, 1.82) is 0 Å². The van der Waals surface area contributed by atoms with Crippen LogP contribution in [0.5, 0.6) is 0 Å². The van der Waals surface area contributed by atoms with Crippen LogP contribution in [0.4, 0.5) is 0 Å². The molecule has 0 bridgehead atoms. The maximum Gasteiger partial charge on any atom is 0.242 e. The van der Waals surface area contributed by atoms with Gasteiger partial charge in [-0.2, -0.15) is 5.10 Å². The van der Waals surface area contributed by atoms with Crippen molar-refractivity contribution in [1.82, 2.24) is 4.90 Å². The molecule has 1 fully saturated rings. The monoisotopic (exact) mass is 373 g/mol. The fourth-order valence-corrected chi connectivity index (χ4v) is 3.75. The van der Waals surface area contributed by atoms with Gasteiger partial charge in [0.2, 0.25) is 5.91 Å². The van der Waals surface area contributed by atoms with Crippen LogP contribution in [0, 0.1) is 0 Å². The maximum atomic E-state index is 12.7. The Bertz CT molecular complexity index is 817. The zero-order valence-corrected chi connectivity index (χ0v) is 14.9. The van der Waals surface area contributed by atoms with E-state index < -0.39 is 0 Å². The lowest BCUT2D eigenvalue weighted by Gasteiger charge is -2.12. The first-order chi connectivity index (χ1) is 12.2. The molecule has 1 aromatic carbocycles. The molecule has 5 nitrogen and oxygen atoms in total. The minimum Gasteiger partial charge on any atom is -0.463 e. The van der Waals surface area contributed by atoms with Gasteiger partial charge >= 0.3 is 0 Å². The van der Waals surface area contributed by atoms with Crippen molar-refractivity contribution in [3.63, 3.8) is 0 Å². The lowest BCUT2D eigenvalue weighted by molar-refractivity contribution is -0.125. The van der Waals surface area contributed by atoms with E-state index >= 15 is 0 Å². The summed E-state index contributed by atoms with van der Waals surface area (Å²) in [4.78, 5) is 14.2. The SMILES string of the molecule is C=CCN1C(=O)[C@H](Cc2cccc(Cl)c2)S/C1=N\N=C/c1ccco1. The molecular formula is C18H16ClN3O2S. The molecule has 1 aliphatic heterocycles. The van der Waals surface area contributed by atoms with E-state index in [0.29, 0.717) is 28.9 Å². The van der Waals surface area contributed by atoms with Gasteiger partial charge in [0, 0.05) is 11.6 Å². The van der Waals surface area contributed by atoms with Crippen LogP contribution in [0.25, 0.3) is 0 Å². The molecule has 1 saturated heterocycles. The van der Waals surface area contributed by atoms with E-state index in [0.717, 1.165) is 5.56 Å². The van der Waals surface area contributed by atoms with Gasteiger partial charge in [0.1, 0.15) is 5.76 Å². The minimum atomic E-state index is -0.254. The number of rotatable bonds is 6. The molecule has 1 atom stereocenters. The third kappa shape index (κ3) is 4.41. The zero-order valence-electron chi connectivity index (χ0n) is 13.3. The quantitative estimate of drug-likeness (QED) is 0.437. The number of halogens is 1. The Labute approximate surface area is 155 Å². The van der Waals surface area contributed by atoms with Gasteiger partial charge in [-0.25, -0.2) is 0 Å². The van der Waals surface area contributed by atoms with Crippen LogP contribution in [0.15, 0.2) is 69.9 Å². The van der Waals surface area contributed by atoms with E-state index in [2.05, 4.69) is 16.8 Å². The summed E-state index contributed by atoms with van der Waals surface area (Å²) in [7, 11) is 0. The minimum absolute atomic E-state index is 0.00294. The molecule has 0 unspecified atom stereocenters. The number of amidine groups is 1. The van der Waals surface area contributed by atoms with Crippen molar-refractivity contribution in [3.8, 4) is 0 Å². The lowest BCUT2D eigenvalue weighted by atomic mass is 10.1. The lowest BCUT2D eigenvalue weighted by Crippen LogP contribution is -2.32. The molecular weight excluding hydrogens is 358 g/mol. The van der Waals surface area contributed by atoms with Crippen molar-refractivity contribution in [2.45, 2.75) is 11.7 Å². The number of benzene rings is 1. The third-order valence-corrected chi connectivity index (χ3v) is 4.91. The third-order valence-electron chi connectivity index (χ3n) is 3.51. The first kappa shape index (κ1) is 17.5. The molecule has 2 heterocycles. The average molecular weight is 374 g/mol. The van der Waals surface area contributed by atoms with Crippen molar-refractivity contribution in [2.24, 2.45) is 10.2 Å². The fourth-order valence-electron chi connectivity index (χ4n) is 2.39. The Balaban J connectivity index is 1.76. The number of nitrogens with zero attached hydrogens (tertiary/aromatic N) is 3. The normalized spacial score (nSPS) is 19.2. The van der Waals surface area contributed by atoms with Gasteiger partial charge in [-0.05, 0) is 36.2 Å². The molecule has 0 spiro atoms. The molecule has 0 saturated carbocycles. The molecule has 2 aromatic rings. The molecule has 0 radical (unpaired) electrons. The number of carbonyl (C=O) groups is 1. The Hall–Kier alpha value is -2.31. The van der Waals surface area contributed by atoms with Crippen LogP contribution in [0.3, 0.4) is 0 Å². The number of amides is 1. The molecule has 3 rings (SSSR count). The van der Waals surface area contributed by atoms with Crippen molar-refractivity contribution in [3.05, 3.63) is 71.7 Å². The van der Waals surface area contributed by atoms with Gasteiger partial charge in [-0.15, -0.1) is 11.7 Å². The predicted molar refractivity (Wildman–Crippen MR) is 102 cm³/mol. The highest BCUT2D eigenvalue weighted by molar-refractivity contribution is 8.15. The Morgan fingerprint density at radius 1 is 1.36 bits per heavy atom. The van der Waals surface area contributed by atoms with E-state index in [-0.39, 0.29) is 11.2 Å². The summed E-state index contributed by atoms with van der Waals surface area (Å²) in [6, 6.07) is 11.1. The van der Waals surface area contributed by atoms with Gasteiger partial charge in [-0.3, -0.25) is 9.69 Å². The van der Waals surface area contributed by atoms with Gasteiger partial charge in [-0.1, -0.05) is 41.6 Å². The average Bonchev–Trinajstić information content (AvgIpc) is 3.20. The highest BCUT2D eigenvalue weighted by atomic mass is 35.5. The van der Waals surface area contributed by atoms with Crippen LogP contribution >= 0.6 is 23.4 Å². The van der Waals surface area contributed by atoms with Crippen molar-refractivity contribution >= 4 is 40.7 Å². The number of thioether (sulfide) groups is 1. The van der Waals surface area contributed by atoms with E-state index in [1.807, 2.05) is 24.3 Å². The summed E-state index contributed by atoms with van der Waals surface area (Å²) in [5, 5.41) is 9.16. The Kier molecular flexibility index (Phi) is 5.73. The standard InChI is InChI=1S/C18H16ClN3O2S/c1-2-8-22-17(23)16(11-13-5-3-6-14(19)10-13)25-18(22)21-20-12-15-7-4-9-24-15/h2-7,9-10,12,16H,1,8,11H2/b20-12-,21-18-/t16-/m0/s1.